The molecular weight excluding hydrogens is 1110 g/mol. The number of carbonyl (C=O) groups is 4. The Kier molecular flexibility index (Phi) is 26.9. The van der Waals surface area contributed by atoms with Gasteiger partial charge in [-0.25, -0.2) is 9.59 Å². The summed E-state index contributed by atoms with van der Waals surface area (Å²) in [6.45, 7) is 24.5. The fourth-order valence-electron chi connectivity index (χ4n) is 8.70. The first kappa shape index (κ1) is 63.2. The minimum atomic E-state index is -1.04. The Bertz CT molecular complexity index is 2300. The van der Waals surface area contributed by atoms with Crippen LogP contribution in [-0.4, -0.2) is 115 Å². The molecule has 6 rings (SSSR count). The summed E-state index contributed by atoms with van der Waals surface area (Å²) in [5.74, 6) is -0.994. The van der Waals surface area contributed by atoms with Crippen LogP contribution in [0.2, 0.25) is 0 Å². The van der Waals surface area contributed by atoms with Crippen molar-refractivity contribution >= 4 is 53.6 Å². The van der Waals surface area contributed by atoms with E-state index < -0.39 is 47.7 Å². The Morgan fingerprint density at radius 1 is 0.616 bits per heavy atom. The number of aliphatic hydroxyl groups is 2. The van der Waals surface area contributed by atoms with Crippen LogP contribution in [0.5, 0.6) is 0 Å². The van der Waals surface area contributed by atoms with Gasteiger partial charge in [-0.2, -0.15) is 6.42 Å². The van der Waals surface area contributed by atoms with Crippen LogP contribution in [-0.2, 0) is 67.8 Å². The van der Waals surface area contributed by atoms with Gasteiger partial charge in [0.05, 0.1) is 12.2 Å². The van der Waals surface area contributed by atoms with Crippen LogP contribution in [0.25, 0.3) is 0 Å². The van der Waals surface area contributed by atoms with E-state index in [1.807, 2.05) is 112 Å². The summed E-state index contributed by atoms with van der Waals surface area (Å²) in [5.41, 5.74) is 4.07. The quantitative estimate of drug-likeness (QED) is 0.0940. The molecule has 396 valence electrons. The van der Waals surface area contributed by atoms with E-state index in [4.69, 9.17) is 9.47 Å². The third kappa shape index (κ3) is 20.8. The molecule has 2 fully saturated rings. The molecule has 0 saturated carbocycles. The van der Waals surface area contributed by atoms with Gasteiger partial charge in [0.15, 0.2) is 0 Å². The van der Waals surface area contributed by atoms with Gasteiger partial charge in [-0.05, 0) is 113 Å². The van der Waals surface area contributed by atoms with Crippen LogP contribution in [0.1, 0.15) is 110 Å². The third-order valence-electron chi connectivity index (χ3n) is 12.1. The average molecular weight is 1190 g/mol. The molecule has 0 aliphatic carbocycles. The summed E-state index contributed by atoms with van der Waals surface area (Å²) < 4.78 is 12.1. The van der Waals surface area contributed by atoms with Crippen molar-refractivity contribution in [1.82, 2.24) is 19.6 Å². The maximum absolute atomic E-state index is 13.7. The minimum absolute atomic E-state index is 0.234. The molecular formula is C58H80Br2N4O8Zn. The number of piperazine rings is 2. The van der Waals surface area contributed by atoms with E-state index in [1.54, 1.807) is 51.3 Å². The van der Waals surface area contributed by atoms with Crippen LogP contribution >= 0.6 is 29.6 Å². The molecule has 15 heteroatoms. The van der Waals surface area contributed by atoms with Crippen molar-refractivity contribution in [3.8, 4) is 0 Å². The van der Waals surface area contributed by atoms with Gasteiger partial charge in [-0.3, -0.25) is 19.4 Å². The first-order valence-electron chi connectivity index (χ1n) is 25.4. The summed E-state index contributed by atoms with van der Waals surface area (Å²) in [5, 5.41) is 22.8. The van der Waals surface area contributed by atoms with Gasteiger partial charge in [-0.15, -0.1) is 0 Å². The molecule has 0 unspecified atom stereocenters. The van der Waals surface area contributed by atoms with E-state index in [9.17, 15) is 29.4 Å². The molecule has 2 N–H and O–H groups in total. The van der Waals surface area contributed by atoms with Crippen molar-refractivity contribution in [3.05, 3.63) is 148 Å². The number of halogens is 2. The summed E-state index contributed by atoms with van der Waals surface area (Å²) in [4.78, 5) is 59.5. The Morgan fingerprint density at radius 3 is 1.34 bits per heavy atom. The molecule has 4 aromatic carbocycles. The predicted octanol–water partition coefficient (Wildman–Crippen LogP) is 11.5. The van der Waals surface area contributed by atoms with Crippen LogP contribution in [0.15, 0.2) is 114 Å². The zero-order chi connectivity index (χ0) is 54.5. The van der Waals surface area contributed by atoms with E-state index >= 15 is 0 Å². The van der Waals surface area contributed by atoms with Gasteiger partial charge < -0.3 is 36.4 Å². The van der Waals surface area contributed by atoms with Gasteiger partial charge in [0.2, 0.25) is 11.8 Å². The molecule has 0 aromatic heterocycles. The molecule has 12 nitrogen and oxygen atoms in total. The van der Waals surface area contributed by atoms with Crippen molar-refractivity contribution in [3.63, 3.8) is 0 Å². The number of hydrogen-bond acceptors (Lipinski definition) is 8. The number of ether oxygens (including phenoxy) is 2. The number of nitrogens with zero attached hydrogens (tertiary/aromatic N) is 4. The Hall–Kier alpha value is -4.14. The second-order valence-corrected chi connectivity index (χ2v) is 21.7. The molecule has 0 radical (unpaired) electrons. The number of hydrogen-bond donors (Lipinski definition) is 2. The van der Waals surface area contributed by atoms with Crippen LogP contribution in [0.3, 0.4) is 0 Å². The van der Waals surface area contributed by atoms with Crippen LogP contribution in [0, 0.1) is 18.8 Å². The Balaban J connectivity index is 0.000000355. The topological polar surface area (TPSA) is 140 Å². The van der Waals surface area contributed by atoms with Gasteiger partial charge in [0.25, 0.3) is 0 Å². The molecule has 2 heterocycles. The zero-order valence-electron chi connectivity index (χ0n) is 44.9. The number of aliphatic hydroxyl groups excluding tert-OH is 2. The van der Waals surface area contributed by atoms with Crippen molar-refractivity contribution < 1.29 is 55.2 Å². The van der Waals surface area contributed by atoms with E-state index in [-0.39, 0.29) is 23.7 Å². The van der Waals surface area contributed by atoms with Crippen molar-refractivity contribution in [1.29, 1.82) is 0 Å². The number of aryl methyl sites for hydroxylation is 1. The summed E-state index contributed by atoms with van der Waals surface area (Å²) >= 11 is 7.73. The second-order valence-electron chi connectivity index (χ2n) is 20.8. The summed E-state index contributed by atoms with van der Waals surface area (Å²) in [6.07, 6.45) is 1.06. The first-order valence-corrected chi connectivity index (χ1v) is 33.2. The SMILES string of the molecule is CCCc1cccc(C[C@H](C)[C@H](O)[C@H]2C(=O)N(Cc3ccccc3)CCN2C(=O)OC(C)(C)C)c1.C[C@@H](Cc1cccc(Br)c1)[C@H](O)[C@H]1C(=O)N(Cc2ccccc2)CCN1C(=O)OC(C)(C)C.[CH2-]CC.[Zn+][Br]. The zero-order valence-corrected chi connectivity index (χ0v) is 51.1. The Morgan fingerprint density at radius 2 is 0.973 bits per heavy atom. The molecule has 73 heavy (non-hydrogen) atoms. The van der Waals surface area contributed by atoms with Gasteiger partial charge in [-0.1, -0.05) is 147 Å². The van der Waals surface area contributed by atoms with Gasteiger partial charge in [0, 0.05) is 43.7 Å². The third-order valence-corrected chi connectivity index (χ3v) is 12.6. The molecule has 2 aliphatic rings. The molecule has 4 amide bonds. The molecule has 2 saturated heterocycles. The maximum atomic E-state index is 13.7. The average Bonchev–Trinajstić information content (AvgIpc) is 3.33. The standard InChI is InChI=1S/C29H40N2O4.C26H33BrN2O4.C3H7.BrH.Zn/c1-6-11-22-14-10-15-24(19-22)18-21(2)26(32)25-27(33)30(20-23-12-8-7-9-13-23)16-17-31(25)28(34)35-29(3,4)5;1-18(15-20-11-8-12-21(27)16-20)23(30)22-24(31)28(17-19-9-6-5-7-10-19)13-14-29(22)25(32)33-26(2,3)4;1-3-2;;/h7-10,12-15,19,21,25-26,32H,6,11,16-18,20H2,1-5H3;5-12,16,18,22-23,30H,13-15,17H2,1-4H3;1,3H2,2H3;1H;/q;;-1;;+2/p-1/t21-,25-,26-;18-,22-,23-;;;/m00.../s1. The number of benzene rings is 4. The summed E-state index contributed by atoms with van der Waals surface area (Å²) in [6, 6.07) is 33.8. The van der Waals surface area contributed by atoms with E-state index in [1.165, 1.54) is 31.7 Å². The van der Waals surface area contributed by atoms with Crippen LogP contribution in [0.4, 0.5) is 9.59 Å². The van der Waals surface area contributed by atoms with E-state index in [0.29, 0.717) is 52.1 Å². The van der Waals surface area contributed by atoms with Crippen LogP contribution < -0.4 is 0 Å². The molecule has 0 spiro atoms. The first-order chi connectivity index (χ1) is 34.5. The molecule has 0 bridgehead atoms. The fourth-order valence-corrected chi connectivity index (χ4v) is 9.15. The van der Waals surface area contributed by atoms with Gasteiger partial charge >= 0.3 is 42.2 Å². The fraction of sp³-hybridized carbons (Fsp3) is 0.500. The number of rotatable bonds is 14. The monoisotopic (exact) mass is 1180 g/mol. The van der Waals surface area contributed by atoms with E-state index in [0.717, 1.165) is 46.0 Å². The second kappa shape index (κ2) is 31.0. The molecule has 6 atom stereocenters. The van der Waals surface area contributed by atoms with Crippen molar-refractivity contribution in [2.24, 2.45) is 11.8 Å². The Labute approximate surface area is 461 Å². The predicted molar refractivity (Wildman–Crippen MR) is 294 cm³/mol. The van der Waals surface area contributed by atoms with Gasteiger partial charge in [0.1, 0.15) is 23.3 Å². The number of amides is 4. The summed E-state index contributed by atoms with van der Waals surface area (Å²) in [7, 11) is 0. The van der Waals surface area contributed by atoms with Crippen molar-refractivity contribution in [2.75, 3.05) is 26.2 Å². The molecule has 2 aliphatic heterocycles. The normalized spacial score (nSPS) is 17.6. The van der Waals surface area contributed by atoms with E-state index in [2.05, 4.69) is 61.6 Å². The van der Waals surface area contributed by atoms with Crippen molar-refractivity contribution in [2.45, 2.75) is 150 Å². The molecule has 4 aromatic rings. The number of carbonyl (C=O) groups excluding carboxylic acids is 4.